The molecule has 2 atom stereocenters. The van der Waals surface area contributed by atoms with Gasteiger partial charge in [0, 0.05) is 5.41 Å². The van der Waals surface area contributed by atoms with Gasteiger partial charge in [-0.05, 0) is 12.8 Å². The van der Waals surface area contributed by atoms with Crippen LogP contribution in [0.5, 0.6) is 0 Å². The highest BCUT2D eigenvalue weighted by molar-refractivity contribution is 5.33. The Bertz CT molecular complexity index is 323. The van der Waals surface area contributed by atoms with E-state index in [2.05, 4.69) is 30.6 Å². The van der Waals surface area contributed by atoms with Crippen molar-refractivity contribution in [3.8, 4) is 0 Å². The van der Waals surface area contributed by atoms with Crippen LogP contribution in [-0.4, -0.2) is 18.7 Å². The molecule has 0 aliphatic heterocycles. The van der Waals surface area contributed by atoms with E-state index < -0.39 is 0 Å². The second-order valence-corrected chi connectivity index (χ2v) is 5.44. The lowest BCUT2D eigenvalue weighted by atomic mass is 9.60. The normalized spacial score (nSPS) is 33.9. The summed E-state index contributed by atoms with van der Waals surface area (Å²) in [6.45, 7) is 14.1. The van der Waals surface area contributed by atoms with Gasteiger partial charge < -0.3 is 4.85 Å². The lowest BCUT2D eigenvalue weighted by molar-refractivity contribution is 0.0931. The summed E-state index contributed by atoms with van der Waals surface area (Å²) >= 11 is 0. The van der Waals surface area contributed by atoms with E-state index in [1.807, 2.05) is 0 Å². The number of hydrogen-bond donors (Lipinski definition) is 0. The molecule has 0 bridgehead atoms. The molecule has 3 heteroatoms. The van der Waals surface area contributed by atoms with Crippen LogP contribution in [0, 0.1) is 17.4 Å². The minimum Gasteiger partial charge on any atom is -0.312 e. The van der Waals surface area contributed by atoms with Crippen molar-refractivity contribution in [1.82, 2.24) is 0 Å². The van der Waals surface area contributed by atoms with Crippen molar-refractivity contribution in [2.24, 2.45) is 15.8 Å². The van der Waals surface area contributed by atoms with E-state index in [0.29, 0.717) is 6.54 Å². The number of aliphatic imine (C=N–C) groups is 1. The first-order chi connectivity index (χ1) is 6.96. The maximum atomic E-state index is 10.2. The Kier molecular flexibility index (Phi) is 3.31. The maximum absolute atomic E-state index is 10.2. The summed E-state index contributed by atoms with van der Waals surface area (Å²) in [5.74, 6) is 0. The predicted molar refractivity (Wildman–Crippen MR) is 59.1 cm³/mol. The fourth-order valence-corrected chi connectivity index (χ4v) is 2.87. The van der Waals surface area contributed by atoms with E-state index in [4.69, 9.17) is 6.57 Å². The van der Waals surface area contributed by atoms with Crippen molar-refractivity contribution in [1.29, 1.82) is 0 Å². The van der Waals surface area contributed by atoms with Crippen LogP contribution in [0.4, 0.5) is 0 Å². The van der Waals surface area contributed by atoms with E-state index in [9.17, 15) is 4.79 Å². The second-order valence-electron chi connectivity index (χ2n) is 5.44. The van der Waals surface area contributed by atoms with Crippen LogP contribution in [0.15, 0.2) is 4.99 Å². The van der Waals surface area contributed by atoms with Gasteiger partial charge in [-0.25, -0.2) is 16.4 Å². The van der Waals surface area contributed by atoms with Crippen LogP contribution >= 0.6 is 0 Å². The monoisotopic (exact) mass is 206 g/mol. The van der Waals surface area contributed by atoms with Gasteiger partial charge in [-0.1, -0.05) is 27.2 Å². The number of carbonyl (C=O) groups excluding carboxylic acids is 1. The van der Waals surface area contributed by atoms with Crippen molar-refractivity contribution in [3.05, 3.63) is 11.4 Å². The minimum absolute atomic E-state index is 0.0349. The molecule has 0 spiro atoms. The fourth-order valence-electron chi connectivity index (χ4n) is 2.87. The molecule has 1 aliphatic carbocycles. The molecule has 0 aromatic rings. The molecular weight excluding hydrogens is 188 g/mol. The number of rotatable bonds is 2. The van der Waals surface area contributed by atoms with E-state index in [1.54, 1.807) is 6.08 Å². The zero-order valence-corrected chi connectivity index (χ0v) is 9.71. The first-order valence-corrected chi connectivity index (χ1v) is 5.36. The third kappa shape index (κ3) is 2.27. The van der Waals surface area contributed by atoms with Crippen LogP contribution in [0.2, 0.25) is 0 Å². The summed E-state index contributed by atoms with van der Waals surface area (Å²) in [7, 11) is 0. The molecule has 2 unspecified atom stereocenters. The van der Waals surface area contributed by atoms with E-state index >= 15 is 0 Å². The van der Waals surface area contributed by atoms with E-state index in [1.165, 1.54) is 0 Å². The molecule has 1 fully saturated rings. The third-order valence-electron chi connectivity index (χ3n) is 3.60. The molecule has 1 aliphatic rings. The molecule has 1 saturated carbocycles. The average Bonchev–Trinajstić information content (AvgIpc) is 2.14. The smallest absolute Gasteiger partial charge is 0.235 e. The lowest BCUT2D eigenvalue weighted by Crippen LogP contribution is -2.46. The summed E-state index contributed by atoms with van der Waals surface area (Å²) in [6.07, 6.45) is 4.76. The van der Waals surface area contributed by atoms with Gasteiger partial charge in [0.25, 0.3) is 0 Å². The van der Waals surface area contributed by atoms with Gasteiger partial charge in [0.05, 0.1) is 12.0 Å². The highest BCUT2D eigenvalue weighted by Crippen LogP contribution is 2.48. The molecule has 0 aromatic heterocycles. The second kappa shape index (κ2) is 4.16. The molecule has 82 valence electrons. The first-order valence-electron chi connectivity index (χ1n) is 5.36. The van der Waals surface area contributed by atoms with E-state index in [-0.39, 0.29) is 16.9 Å². The number of hydrogen-bond acceptors (Lipinski definition) is 2. The third-order valence-corrected chi connectivity index (χ3v) is 3.60. The molecule has 0 saturated heterocycles. The molecule has 3 nitrogen and oxygen atoms in total. The number of nitrogens with zero attached hydrogens (tertiary/aromatic N) is 2. The summed E-state index contributed by atoms with van der Waals surface area (Å²) < 4.78 is 0. The summed E-state index contributed by atoms with van der Waals surface area (Å²) in [6, 6.07) is -0.0455. The standard InChI is InChI=1S/C12H18N2O/c1-11(2)6-5-7-12(3,8-14-9-15)10(11)13-4/h10H,5-8H2,1-3H3. The minimum atomic E-state index is -0.152. The SMILES string of the molecule is [C-]#[N+]C1C(C)(C)CCCC1(C)CN=C=O. The Labute approximate surface area is 91.4 Å². The Balaban J connectivity index is 2.96. The largest absolute Gasteiger partial charge is 0.312 e. The maximum Gasteiger partial charge on any atom is 0.235 e. The Morgan fingerprint density at radius 3 is 2.67 bits per heavy atom. The van der Waals surface area contributed by atoms with Gasteiger partial charge in [0.1, 0.15) is 0 Å². The molecular formula is C12H18N2O. The van der Waals surface area contributed by atoms with Gasteiger partial charge >= 0.3 is 0 Å². The van der Waals surface area contributed by atoms with Crippen LogP contribution in [-0.2, 0) is 4.79 Å². The van der Waals surface area contributed by atoms with E-state index in [0.717, 1.165) is 19.3 Å². The zero-order chi connectivity index (χ0) is 11.5. The first kappa shape index (κ1) is 11.9. The van der Waals surface area contributed by atoms with Gasteiger partial charge in [-0.15, -0.1) is 0 Å². The van der Waals surface area contributed by atoms with Crippen molar-refractivity contribution in [2.75, 3.05) is 6.54 Å². The van der Waals surface area contributed by atoms with Gasteiger partial charge in [0.15, 0.2) is 0 Å². The summed E-state index contributed by atoms with van der Waals surface area (Å²) in [4.78, 5) is 17.6. The summed E-state index contributed by atoms with van der Waals surface area (Å²) in [5, 5.41) is 0. The van der Waals surface area contributed by atoms with Gasteiger partial charge in [-0.2, -0.15) is 0 Å². The topological polar surface area (TPSA) is 33.8 Å². The van der Waals surface area contributed by atoms with Crippen LogP contribution in [0.1, 0.15) is 40.0 Å². The lowest BCUT2D eigenvalue weighted by Gasteiger charge is -2.42. The zero-order valence-electron chi connectivity index (χ0n) is 9.71. The Morgan fingerprint density at radius 1 is 1.47 bits per heavy atom. The Hall–Kier alpha value is -1.13. The quantitative estimate of drug-likeness (QED) is 0.388. The van der Waals surface area contributed by atoms with Gasteiger partial charge in [-0.3, -0.25) is 0 Å². The Morgan fingerprint density at radius 2 is 2.13 bits per heavy atom. The molecule has 1 rings (SSSR count). The van der Waals surface area contributed by atoms with Crippen molar-refractivity contribution in [2.45, 2.75) is 46.1 Å². The summed E-state index contributed by atoms with van der Waals surface area (Å²) in [5.41, 5.74) is -0.117. The van der Waals surface area contributed by atoms with Crippen LogP contribution in [0.25, 0.3) is 4.85 Å². The predicted octanol–water partition coefficient (Wildman–Crippen LogP) is 2.83. The fraction of sp³-hybridized carbons (Fsp3) is 0.833. The van der Waals surface area contributed by atoms with Crippen molar-refractivity contribution in [3.63, 3.8) is 0 Å². The molecule has 0 amide bonds. The molecule has 0 N–H and O–H groups in total. The van der Waals surface area contributed by atoms with Gasteiger partial charge in [0.2, 0.25) is 12.1 Å². The number of isocyanates is 1. The highest BCUT2D eigenvalue weighted by Gasteiger charge is 2.51. The average molecular weight is 206 g/mol. The van der Waals surface area contributed by atoms with Crippen molar-refractivity contribution >= 4 is 6.08 Å². The molecule has 0 radical (unpaired) electrons. The molecule has 15 heavy (non-hydrogen) atoms. The van der Waals surface area contributed by atoms with Crippen LogP contribution < -0.4 is 0 Å². The van der Waals surface area contributed by atoms with Crippen LogP contribution in [0.3, 0.4) is 0 Å². The highest BCUT2D eigenvalue weighted by atomic mass is 16.1. The van der Waals surface area contributed by atoms with Crippen molar-refractivity contribution < 1.29 is 4.79 Å². The molecule has 0 aromatic carbocycles. The molecule has 0 heterocycles.